The molecule has 0 spiro atoms. The SMILES string of the molecule is COc1ccc(NCc2cccc3ccccc23)nc1. The van der Waals surface area contributed by atoms with Crippen LogP contribution >= 0.6 is 0 Å². The fourth-order valence-corrected chi connectivity index (χ4v) is 2.24. The molecule has 100 valence electrons. The fraction of sp³-hybridized carbons (Fsp3) is 0.118. The molecule has 0 fully saturated rings. The zero-order valence-electron chi connectivity index (χ0n) is 11.3. The van der Waals surface area contributed by atoms with Gasteiger partial charge in [-0.2, -0.15) is 0 Å². The minimum atomic E-state index is 0.751. The summed E-state index contributed by atoms with van der Waals surface area (Å²) in [4.78, 5) is 4.31. The normalized spacial score (nSPS) is 10.4. The van der Waals surface area contributed by atoms with Gasteiger partial charge in [0.1, 0.15) is 11.6 Å². The molecule has 0 atom stereocenters. The molecule has 1 aromatic heterocycles. The Morgan fingerprint density at radius 2 is 1.85 bits per heavy atom. The fourth-order valence-electron chi connectivity index (χ4n) is 2.24. The number of benzene rings is 2. The molecule has 3 aromatic rings. The maximum atomic E-state index is 5.10. The maximum Gasteiger partial charge on any atom is 0.137 e. The van der Waals surface area contributed by atoms with Crippen LogP contribution < -0.4 is 10.1 Å². The van der Waals surface area contributed by atoms with E-state index < -0.39 is 0 Å². The first kappa shape index (κ1) is 12.5. The number of hydrogen-bond donors (Lipinski definition) is 1. The summed E-state index contributed by atoms with van der Waals surface area (Å²) < 4.78 is 5.10. The van der Waals surface area contributed by atoms with Crippen molar-refractivity contribution in [3.63, 3.8) is 0 Å². The third-order valence-electron chi connectivity index (χ3n) is 3.31. The monoisotopic (exact) mass is 264 g/mol. The Balaban J connectivity index is 1.79. The first-order chi connectivity index (χ1) is 9.86. The smallest absolute Gasteiger partial charge is 0.137 e. The first-order valence-corrected chi connectivity index (χ1v) is 6.57. The molecule has 3 nitrogen and oxygen atoms in total. The van der Waals surface area contributed by atoms with Crippen LogP contribution in [0, 0.1) is 0 Å². The van der Waals surface area contributed by atoms with Gasteiger partial charge in [-0.05, 0) is 28.5 Å². The molecule has 1 N–H and O–H groups in total. The number of ether oxygens (including phenoxy) is 1. The number of rotatable bonds is 4. The van der Waals surface area contributed by atoms with Crippen LogP contribution in [0.25, 0.3) is 10.8 Å². The summed E-state index contributed by atoms with van der Waals surface area (Å²) in [6.07, 6.45) is 1.71. The molecule has 3 heteroatoms. The van der Waals surface area contributed by atoms with Gasteiger partial charge in [0.15, 0.2) is 0 Å². The molecule has 3 rings (SSSR count). The molecule has 0 unspecified atom stereocenters. The minimum Gasteiger partial charge on any atom is -0.495 e. The molecule has 0 amide bonds. The maximum absolute atomic E-state index is 5.10. The van der Waals surface area contributed by atoms with Crippen molar-refractivity contribution in [2.24, 2.45) is 0 Å². The highest BCUT2D eigenvalue weighted by atomic mass is 16.5. The van der Waals surface area contributed by atoms with Gasteiger partial charge in [0.25, 0.3) is 0 Å². The first-order valence-electron chi connectivity index (χ1n) is 6.57. The molecule has 0 bridgehead atoms. The highest BCUT2D eigenvalue weighted by Crippen LogP contribution is 2.19. The number of nitrogens with zero attached hydrogens (tertiary/aromatic N) is 1. The largest absolute Gasteiger partial charge is 0.495 e. The van der Waals surface area contributed by atoms with Gasteiger partial charge in [0.05, 0.1) is 13.3 Å². The average molecular weight is 264 g/mol. The highest BCUT2D eigenvalue weighted by molar-refractivity contribution is 5.85. The van der Waals surface area contributed by atoms with Crippen molar-refractivity contribution >= 4 is 16.6 Å². The predicted octanol–water partition coefficient (Wildman–Crippen LogP) is 3.86. The third kappa shape index (κ3) is 2.57. The van der Waals surface area contributed by atoms with Crippen molar-refractivity contribution in [2.75, 3.05) is 12.4 Å². The summed E-state index contributed by atoms with van der Waals surface area (Å²) in [7, 11) is 1.64. The van der Waals surface area contributed by atoms with Gasteiger partial charge in [-0.1, -0.05) is 42.5 Å². The summed E-state index contributed by atoms with van der Waals surface area (Å²) in [5.74, 6) is 1.61. The zero-order chi connectivity index (χ0) is 13.8. The van der Waals surface area contributed by atoms with Crippen molar-refractivity contribution in [1.29, 1.82) is 0 Å². The van der Waals surface area contributed by atoms with Gasteiger partial charge in [-0.15, -0.1) is 0 Å². The Kier molecular flexibility index (Phi) is 3.50. The van der Waals surface area contributed by atoms with Gasteiger partial charge in [-0.3, -0.25) is 0 Å². The topological polar surface area (TPSA) is 34.1 Å². The molecule has 0 saturated carbocycles. The summed E-state index contributed by atoms with van der Waals surface area (Å²) in [5.41, 5.74) is 1.26. The second kappa shape index (κ2) is 5.61. The molecule has 0 aliphatic rings. The second-order valence-electron chi connectivity index (χ2n) is 4.58. The predicted molar refractivity (Wildman–Crippen MR) is 82.1 cm³/mol. The Labute approximate surface area is 118 Å². The van der Waals surface area contributed by atoms with Crippen LogP contribution in [0.1, 0.15) is 5.56 Å². The number of anilines is 1. The van der Waals surface area contributed by atoms with Crippen molar-refractivity contribution in [1.82, 2.24) is 4.98 Å². The van der Waals surface area contributed by atoms with Crippen LogP contribution in [-0.2, 0) is 6.54 Å². The molecule has 1 heterocycles. The van der Waals surface area contributed by atoms with Crippen LogP contribution in [0.5, 0.6) is 5.75 Å². The Morgan fingerprint density at radius 1 is 1.00 bits per heavy atom. The van der Waals surface area contributed by atoms with Crippen LogP contribution in [0.15, 0.2) is 60.8 Å². The van der Waals surface area contributed by atoms with Gasteiger partial charge in [-0.25, -0.2) is 4.98 Å². The van der Waals surface area contributed by atoms with Crippen LogP contribution in [0.2, 0.25) is 0 Å². The number of fused-ring (bicyclic) bond motifs is 1. The standard InChI is InChI=1S/C17H16N2O/c1-20-15-9-10-17(19-12-15)18-11-14-7-4-6-13-5-2-3-8-16(13)14/h2-10,12H,11H2,1H3,(H,18,19). The lowest BCUT2D eigenvalue weighted by molar-refractivity contribution is 0.413. The third-order valence-corrected chi connectivity index (χ3v) is 3.31. The van der Waals surface area contributed by atoms with E-state index in [0.29, 0.717) is 0 Å². The summed E-state index contributed by atoms with van der Waals surface area (Å²) in [5, 5.41) is 5.87. The van der Waals surface area contributed by atoms with Crippen LogP contribution in [0.3, 0.4) is 0 Å². The molecule has 0 aliphatic heterocycles. The van der Waals surface area contributed by atoms with Gasteiger partial charge < -0.3 is 10.1 Å². The molecule has 2 aromatic carbocycles. The molecular formula is C17H16N2O. The molecule has 0 aliphatic carbocycles. The van der Waals surface area contributed by atoms with E-state index in [4.69, 9.17) is 4.74 Å². The number of aromatic nitrogens is 1. The number of hydrogen-bond acceptors (Lipinski definition) is 3. The van der Waals surface area contributed by atoms with Gasteiger partial charge in [0, 0.05) is 6.54 Å². The van der Waals surface area contributed by atoms with Gasteiger partial charge in [0.2, 0.25) is 0 Å². The number of pyridine rings is 1. The summed E-state index contributed by atoms with van der Waals surface area (Å²) >= 11 is 0. The number of methoxy groups -OCH3 is 1. The van der Waals surface area contributed by atoms with Crippen LogP contribution in [-0.4, -0.2) is 12.1 Å². The van der Waals surface area contributed by atoms with E-state index >= 15 is 0 Å². The molecule has 0 radical (unpaired) electrons. The van der Waals surface area contributed by atoms with E-state index in [1.54, 1.807) is 13.3 Å². The summed E-state index contributed by atoms with van der Waals surface area (Å²) in [6.45, 7) is 0.751. The molecular weight excluding hydrogens is 248 g/mol. The van der Waals surface area contributed by atoms with E-state index in [1.807, 2.05) is 12.1 Å². The lowest BCUT2D eigenvalue weighted by Gasteiger charge is -2.09. The Hall–Kier alpha value is -2.55. The Morgan fingerprint density at radius 3 is 2.65 bits per heavy atom. The minimum absolute atomic E-state index is 0.751. The average Bonchev–Trinajstić information content (AvgIpc) is 2.53. The van der Waals surface area contributed by atoms with E-state index in [1.165, 1.54) is 16.3 Å². The quantitative estimate of drug-likeness (QED) is 0.777. The van der Waals surface area contributed by atoms with Crippen molar-refractivity contribution in [3.8, 4) is 5.75 Å². The van der Waals surface area contributed by atoms with Crippen molar-refractivity contribution < 1.29 is 4.74 Å². The molecule has 20 heavy (non-hydrogen) atoms. The van der Waals surface area contributed by atoms with Crippen molar-refractivity contribution in [3.05, 3.63) is 66.4 Å². The van der Waals surface area contributed by atoms with Crippen molar-refractivity contribution in [2.45, 2.75) is 6.54 Å². The van der Waals surface area contributed by atoms with Crippen LogP contribution in [0.4, 0.5) is 5.82 Å². The lowest BCUT2D eigenvalue weighted by Crippen LogP contribution is -2.01. The Bertz CT molecular complexity index is 702. The van der Waals surface area contributed by atoms with E-state index in [0.717, 1.165) is 18.1 Å². The van der Waals surface area contributed by atoms with E-state index in [9.17, 15) is 0 Å². The molecule has 0 saturated heterocycles. The lowest BCUT2D eigenvalue weighted by atomic mass is 10.0. The zero-order valence-corrected chi connectivity index (χ0v) is 11.3. The second-order valence-corrected chi connectivity index (χ2v) is 4.58. The van der Waals surface area contributed by atoms with Gasteiger partial charge >= 0.3 is 0 Å². The van der Waals surface area contributed by atoms with E-state index in [2.05, 4.69) is 52.8 Å². The highest BCUT2D eigenvalue weighted by Gasteiger charge is 2.01. The summed E-state index contributed by atoms with van der Waals surface area (Å²) in [6, 6.07) is 18.6. The number of nitrogens with one attached hydrogen (secondary N) is 1. The van der Waals surface area contributed by atoms with E-state index in [-0.39, 0.29) is 0 Å².